The van der Waals surface area contributed by atoms with Crippen LogP contribution in [0.25, 0.3) is 0 Å². The number of carbonyl (C=O) groups is 1. The molecule has 0 aromatic heterocycles. The molecular weight excluding hydrogens is 420 g/mol. The average molecular weight is 429 g/mol. The van der Waals surface area contributed by atoms with E-state index in [1.54, 1.807) is 0 Å². The summed E-state index contributed by atoms with van der Waals surface area (Å²) in [5, 5.41) is 8.68. The third kappa shape index (κ3) is 4.44. The Balaban J connectivity index is 2.77. The molecule has 92 valence electrons. The van der Waals surface area contributed by atoms with E-state index in [2.05, 4.69) is 47.8 Å². The topological polar surface area (TPSA) is 46.5 Å². The summed E-state index contributed by atoms with van der Waals surface area (Å²) in [5.41, 5.74) is 0.259. The lowest BCUT2D eigenvalue weighted by Crippen LogP contribution is -2.01. The number of benzene rings is 1. The van der Waals surface area contributed by atoms with Gasteiger partial charge in [-0.3, -0.25) is 0 Å². The second kappa shape index (κ2) is 6.56. The fourth-order valence-electron chi connectivity index (χ4n) is 1.00. The van der Waals surface area contributed by atoms with Crippen molar-refractivity contribution in [3.05, 3.63) is 37.2 Å². The number of ether oxygens (including phenoxy) is 1. The third-order valence-corrected chi connectivity index (χ3v) is 3.55. The lowest BCUT2D eigenvalue weighted by molar-refractivity contribution is -0.132. The molecule has 0 aliphatic heterocycles. The van der Waals surface area contributed by atoms with Crippen LogP contribution in [0.4, 0.5) is 0 Å². The van der Waals surface area contributed by atoms with E-state index in [0.29, 0.717) is 5.75 Å². The van der Waals surface area contributed by atoms with E-state index in [1.807, 2.05) is 12.1 Å². The molecule has 0 spiro atoms. The Morgan fingerprint density at radius 3 is 2.35 bits per heavy atom. The number of aliphatic carboxylic acids is 1. The summed E-state index contributed by atoms with van der Waals surface area (Å²) in [5.74, 6) is -0.301. The first kappa shape index (κ1) is 14.7. The molecule has 17 heavy (non-hydrogen) atoms. The maximum atomic E-state index is 10.6. The van der Waals surface area contributed by atoms with Gasteiger partial charge >= 0.3 is 5.97 Å². The van der Waals surface area contributed by atoms with Crippen LogP contribution < -0.4 is 4.74 Å². The van der Waals surface area contributed by atoms with E-state index in [1.165, 1.54) is 13.0 Å². The first-order chi connectivity index (χ1) is 7.91. The second-order valence-electron chi connectivity index (χ2n) is 3.20. The standard InChI is InChI=1S/C11H9Br3O3/c1-6(11(15)16)2-3-17-10-8(13)4-7(12)5-9(10)14/h2,4-5H,3H2,1H3,(H,15,16)/b6-2+. The van der Waals surface area contributed by atoms with Crippen LogP contribution in [0.1, 0.15) is 6.92 Å². The summed E-state index contributed by atoms with van der Waals surface area (Å²) in [7, 11) is 0. The van der Waals surface area contributed by atoms with Gasteiger partial charge in [0.2, 0.25) is 0 Å². The minimum atomic E-state index is -0.942. The lowest BCUT2D eigenvalue weighted by Gasteiger charge is -2.09. The van der Waals surface area contributed by atoms with Gasteiger partial charge in [0.25, 0.3) is 0 Å². The number of hydrogen-bond acceptors (Lipinski definition) is 2. The zero-order valence-electron chi connectivity index (χ0n) is 8.84. The first-order valence-electron chi connectivity index (χ1n) is 4.59. The monoisotopic (exact) mass is 426 g/mol. The van der Waals surface area contributed by atoms with Crippen molar-refractivity contribution in [3.63, 3.8) is 0 Å². The lowest BCUT2D eigenvalue weighted by atomic mass is 10.3. The van der Waals surface area contributed by atoms with E-state index in [-0.39, 0.29) is 12.2 Å². The second-order valence-corrected chi connectivity index (χ2v) is 5.83. The van der Waals surface area contributed by atoms with Gasteiger partial charge in [0.05, 0.1) is 8.95 Å². The van der Waals surface area contributed by atoms with Crippen molar-refractivity contribution in [2.75, 3.05) is 6.61 Å². The average Bonchev–Trinajstić information content (AvgIpc) is 2.21. The number of carboxylic acids is 1. The van der Waals surface area contributed by atoms with Gasteiger partial charge in [-0.25, -0.2) is 4.79 Å². The van der Waals surface area contributed by atoms with Crippen molar-refractivity contribution in [2.45, 2.75) is 6.92 Å². The molecule has 0 amide bonds. The maximum Gasteiger partial charge on any atom is 0.331 e. The van der Waals surface area contributed by atoms with E-state index < -0.39 is 5.97 Å². The summed E-state index contributed by atoms with van der Waals surface area (Å²) < 4.78 is 7.99. The van der Waals surface area contributed by atoms with Crippen molar-refractivity contribution in [3.8, 4) is 5.75 Å². The van der Waals surface area contributed by atoms with Crippen LogP contribution >= 0.6 is 47.8 Å². The SMILES string of the molecule is C/C(=C\COc1c(Br)cc(Br)cc1Br)C(=O)O. The Kier molecular flexibility index (Phi) is 5.69. The zero-order valence-corrected chi connectivity index (χ0v) is 13.6. The molecule has 0 saturated carbocycles. The molecule has 1 N–H and O–H groups in total. The minimum Gasteiger partial charge on any atom is -0.487 e. The highest BCUT2D eigenvalue weighted by molar-refractivity contribution is 9.11. The molecule has 1 aromatic carbocycles. The molecular formula is C11H9Br3O3. The fraction of sp³-hybridized carbons (Fsp3) is 0.182. The normalized spacial score (nSPS) is 11.4. The predicted molar refractivity (Wildman–Crippen MR) is 76.4 cm³/mol. The molecule has 0 bridgehead atoms. The van der Waals surface area contributed by atoms with Gasteiger partial charge in [0.15, 0.2) is 0 Å². The molecule has 0 saturated heterocycles. The quantitative estimate of drug-likeness (QED) is 0.724. The van der Waals surface area contributed by atoms with Crippen LogP contribution in [0.15, 0.2) is 37.2 Å². The largest absolute Gasteiger partial charge is 0.487 e. The molecule has 0 aliphatic carbocycles. The van der Waals surface area contributed by atoms with E-state index in [0.717, 1.165) is 13.4 Å². The van der Waals surface area contributed by atoms with Crippen molar-refractivity contribution in [1.29, 1.82) is 0 Å². The van der Waals surface area contributed by atoms with Gasteiger partial charge in [-0.1, -0.05) is 15.9 Å². The van der Waals surface area contributed by atoms with Crippen molar-refractivity contribution < 1.29 is 14.6 Å². The number of hydrogen-bond donors (Lipinski definition) is 1. The molecule has 0 heterocycles. The summed E-state index contributed by atoms with van der Waals surface area (Å²) in [6.07, 6.45) is 1.52. The van der Waals surface area contributed by atoms with Gasteiger partial charge in [-0.15, -0.1) is 0 Å². The van der Waals surface area contributed by atoms with Gasteiger partial charge < -0.3 is 9.84 Å². The molecule has 3 nitrogen and oxygen atoms in total. The molecule has 1 aromatic rings. The molecule has 6 heteroatoms. The summed E-state index contributed by atoms with van der Waals surface area (Å²) >= 11 is 10.1. The van der Waals surface area contributed by atoms with Crippen LogP contribution in [0.5, 0.6) is 5.75 Å². The maximum absolute atomic E-state index is 10.6. The molecule has 0 atom stereocenters. The molecule has 0 aliphatic rings. The molecule has 0 fully saturated rings. The van der Waals surface area contributed by atoms with E-state index in [4.69, 9.17) is 9.84 Å². The molecule has 0 radical (unpaired) electrons. The minimum absolute atomic E-state index is 0.205. The van der Waals surface area contributed by atoms with Crippen LogP contribution in [0.3, 0.4) is 0 Å². The number of rotatable bonds is 4. The summed E-state index contributed by atoms with van der Waals surface area (Å²) in [6, 6.07) is 3.71. The van der Waals surface area contributed by atoms with Crippen molar-refractivity contribution in [2.24, 2.45) is 0 Å². The van der Waals surface area contributed by atoms with E-state index in [9.17, 15) is 4.79 Å². The Morgan fingerprint density at radius 1 is 1.35 bits per heavy atom. The Morgan fingerprint density at radius 2 is 1.88 bits per heavy atom. The fourth-order valence-corrected chi connectivity index (χ4v) is 3.49. The highest BCUT2D eigenvalue weighted by Gasteiger charge is 2.08. The van der Waals surface area contributed by atoms with Crippen molar-refractivity contribution in [1.82, 2.24) is 0 Å². The summed E-state index contributed by atoms with van der Waals surface area (Å²) in [6.45, 7) is 1.73. The summed E-state index contributed by atoms with van der Waals surface area (Å²) in [4.78, 5) is 10.6. The van der Waals surface area contributed by atoms with Gasteiger partial charge in [-0.05, 0) is 57.0 Å². The number of carboxylic acid groups (broad SMARTS) is 1. The highest BCUT2D eigenvalue weighted by atomic mass is 79.9. The van der Waals surface area contributed by atoms with Crippen LogP contribution in [0.2, 0.25) is 0 Å². The molecule has 1 rings (SSSR count). The van der Waals surface area contributed by atoms with Gasteiger partial charge in [0, 0.05) is 10.0 Å². The van der Waals surface area contributed by atoms with Crippen LogP contribution in [-0.4, -0.2) is 17.7 Å². The Hall–Kier alpha value is -0.330. The number of halogens is 3. The van der Waals surface area contributed by atoms with Gasteiger partial charge in [0.1, 0.15) is 12.4 Å². The predicted octanol–water partition coefficient (Wildman–Crippen LogP) is 4.38. The van der Waals surface area contributed by atoms with Crippen molar-refractivity contribution >= 4 is 53.8 Å². The van der Waals surface area contributed by atoms with Gasteiger partial charge in [-0.2, -0.15) is 0 Å². The Labute approximate surface area is 124 Å². The smallest absolute Gasteiger partial charge is 0.331 e. The third-order valence-electron chi connectivity index (χ3n) is 1.92. The highest BCUT2D eigenvalue weighted by Crippen LogP contribution is 2.36. The molecule has 0 unspecified atom stereocenters. The zero-order chi connectivity index (χ0) is 13.0. The van der Waals surface area contributed by atoms with E-state index >= 15 is 0 Å². The van der Waals surface area contributed by atoms with Crippen LogP contribution in [0, 0.1) is 0 Å². The first-order valence-corrected chi connectivity index (χ1v) is 6.97. The van der Waals surface area contributed by atoms with Crippen LogP contribution in [-0.2, 0) is 4.79 Å². The Bertz CT molecular complexity index is 446.